The number of hydrogen-bond donors (Lipinski definition) is 1. The Balaban J connectivity index is 2.37. The van der Waals surface area contributed by atoms with Crippen LogP contribution in [0.3, 0.4) is 0 Å². The van der Waals surface area contributed by atoms with Crippen LogP contribution in [-0.2, 0) is 6.42 Å². The van der Waals surface area contributed by atoms with Crippen LogP contribution in [0.4, 0.5) is 10.2 Å². The Bertz CT molecular complexity index is 303. The number of aromatic nitrogens is 1. The van der Waals surface area contributed by atoms with Gasteiger partial charge in [0.1, 0.15) is 12.0 Å². The SMILES string of the molecule is FC1CNc2ncc(Br)cc2C1. The van der Waals surface area contributed by atoms with Crippen molar-refractivity contribution < 1.29 is 4.39 Å². The summed E-state index contributed by atoms with van der Waals surface area (Å²) in [6.45, 7) is 0.377. The highest BCUT2D eigenvalue weighted by Crippen LogP contribution is 2.23. The van der Waals surface area contributed by atoms with Crippen molar-refractivity contribution in [2.45, 2.75) is 12.6 Å². The summed E-state index contributed by atoms with van der Waals surface area (Å²) in [5, 5.41) is 2.93. The van der Waals surface area contributed by atoms with Gasteiger partial charge in [0.25, 0.3) is 0 Å². The lowest BCUT2D eigenvalue weighted by molar-refractivity contribution is 0.341. The Hall–Kier alpha value is -0.640. The van der Waals surface area contributed by atoms with Crippen molar-refractivity contribution in [3.8, 4) is 0 Å². The molecular weight excluding hydrogens is 223 g/mol. The number of halogens is 2. The lowest BCUT2D eigenvalue weighted by Crippen LogP contribution is -2.24. The molecule has 4 heteroatoms. The Labute approximate surface area is 78.3 Å². The summed E-state index contributed by atoms with van der Waals surface area (Å²) >= 11 is 3.30. The number of hydrogen-bond acceptors (Lipinski definition) is 2. The third-order valence-corrected chi connectivity index (χ3v) is 2.30. The van der Waals surface area contributed by atoms with Crippen LogP contribution in [0.2, 0.25) is 0 Å². The van der Waals surface area contributed by atoms with Gasteiger partial charge in [-0.15, -0.1) is 0 Å². The third kappa shape index (κ3) is 1.43. The number of rotatable bonds is 0. The highest BCUT2D eigenvalue weighted by molar-refractivity contribution is 9.10. The summed E-state index contributed by atoms with van der Waals surface area (Å²) < 4.78 is 13.8. The molecule has 0 amide bonds. The van der Waals surface area contributed by atoms with Crippen LogP contribution in [0.1, 0.15) is 5.56 Å². The zero-order chi connectivity index (χ0) is 8.55. The van der Waals surface area contributed by atoms with E-state index in [9.17, 15) is 4.39 Å². The zero-order valence-corrected chi connectivity index (χ0v) is 7.94. The molecule has 64 valence electrons. The van der Waals surface area contributed by atoms with Crippen LogP contribution in [0.5, 0.6) is 0 Å². The van der Waals surface area contributed by atoms with Gasteiger partial charge in [0.05, 0.1) is 0 Å². The quantitative estimate of drug-likeness (QED) is 0.739. The molecule has 0 bridgehead atoms. The molecule has 0 spiro atoms. The van der Waals surface area contributed by atoms with E-state index < -0.39 is 6.17 Å². The number of pyridine rings is 1. The molecule has 0 saturated heterocycles. The lowest BCUT2D eigenvalue weighted by atomic mass is 10.1. The summed E-state index contributed by atoms with van der Waals surface area (Å²) in [5.74, 6) is 0.812. The van der Waals surface area contributed by atoms with E-state index in [2.05, 4.69) is 26.2 Å². The molecule has 1 aromatic rings. The van der Waals surface area contributed by atoms with E-state index in [-0.39, 0.29) is 0 Å². The molecule has 2 heterocycles. The molecule has 1 N–H and O–H groups in total. The van der Waals surface area contributed by atoms with Crippen molar-refractivity contribution in [1.29, 1.82) is 0 Å². The average molecular weight is 231 g/mol. The number of nitrogens with one attached hydrogen (secondary N) is 1. The second-order valence-electron chi connectivity index (χ2n) is 2.84. The first-order valence-corrected chi connectivity index (χ1v) is 4.57. The number of nitrogens with zero attached hydrogens (tertiary/aromatic N) is 1. The smallest absolute Gasteiger partial charge is 0.129 e. The highest BCUT2D eigenvalue weighted by Gasteiger charge is 2.17. The van der Waals surface area contributed by atoms with E-state index in [1.165, 1.54) is 0 Å². The van der Waals surface area contributed by atoms with E-state index in [1.54, 1.807) is 6.20 Å². The molecule has 0 aromatic carbocycles. The summed E-state index contributed by atoms with van der Waals surface area (Å²) in [6.07, 6.45) is 1.40. The Kier molecular flexibility index (Phi) is 2.00. The van der Waals surface area contributed by atoms with Crippen LogP contribution in [-0.4, -0.2) is 17.7 Å². The minimum absolute atomic E-state index is 0.377. The minimum atomic E-state index is -0.784. The van der Waals surface area contributed by atoms with Gasteiger partial charge in [-0.3, -0.25) is 0 Å². The molecule has 0 aliphatic carbocycles. The molecule has 1 aliphatic rings. The second kappa shape index (κ2) is 3.01. The first-order chi connectivity index (χ1) is 5.75. The first kappa shape index (κ1) is 7.98. The summed E-state index contributed by atoms with van der Waals surface area (Å²) in [5.41, 5.74) is 0.947. The Morgan fingerprint density at radius 1 is 1.67 bits per heavy atom. The average Bonchev–Trinajstić information content (AvgIpc) is 2.03. The van der Waals surface area contributed by atoms with E-state index in [0.717, 1.165) is 15.9 Å². The van der Waals surface area contributed by atoms with E-state index >= 15 is 0 Å². The molecule has 12 heavy (non-hydrogen) atoms. The number of anilines is 1. The molecule has 2 rings (SSSR count). The van der Waals surface area contributed by atoms with E-state index in [0.29, 0.717) is 13.0 Å². The molecular formula is C8H8BrFN2. The maximum absolute atomic E-state index is 12.9. The fourth-order valence-electron chi connectivity index (χ4n) is 1.31. The fourth-order valence-corrected chi connectivity index (χ4v) is 1.69. The molecule has 1 atom stereocenters. The predicted octanol–water partition coefficient (Wildman–Crippen LogP) is 2.15. The van der Waals surface area contributed by atoms with Gasteiger partial charge >= 0.3 is 0 Å². The Morgan fingerprint density at radius 2 is 2.50 bits per heavy atom. The highest BCUT2D eigenvalue weighted by atomic mass is 79.9. The maximum Gasteiger partial charge on any atom is 0.129 e. The third-order valence-electron chi connectivity index (χ3n) is 1.87. The van der Waals surface area contributed by atoms with Crippen LogP contribution >= 0.6 is 15.9 Å². The van der Waals surface area contributed by atoms with Crippen LogP contribution in [0.25, 0.3) is 0 Å². The van der Waals surface area contributed by atoms with E-state index in [4.69, 9.17) is 0 Å². The molecule has 2 nitrogen and oxygen atoms in total. The molecule has 0 saturated carbocycles. The van der Waals surface area contributed by atoms with Crippen molar-refractivity contribution >= 4 is 21.7 Å². The molecule has 1 aromatic heterocycles. The van der Waals surface area contributed by atoms with Gasteiger partial charge in [-0.1, -0.05) is 0 Å². The largest absolute Gasteiger partial charge is 0.367 e. The molecule has 1 unspecified atom stereocenters. The van der Waals surface area contributed by atoms with Crippen molar-refractivity contribution in [1.82, 2.24) is 4.98 Å². The first-order valence-electron chi connectivity index (χ1n) is 3.78. The maximum atomic E-state index is 12.9. The van der Waals surface area contributed by atoms with Gasteiger partial charge in [-0.05, 0) is 27.6 Å². The van der Waals surface area contributed by atoms with Gasteiger partial charge in [-0.2, -0.15) is 0 Å². The lowest BCUT2D eigenvalue weighted by Gasteiger charge is -2.19. The van der Waals surface area contributed by atoms with Crippen molar-refractivity contribution in [2.24, 2.45) is 0 Å². The molecule has 1 aliphatic heterocycles. The zero-order valence-electron chi connectivity index (χ0n) is 6.35. The summed E-state index contributed by atoms with van der Waals surface area (Å²) in [7, 11) is 0. The van der Waals surface area contributed by atoms with Crippen molar-refractivity contribution in [2.75, 3.05) is 11.9 Å². The topological polar surface area (TPSA) is 24.9 Å². The fraction of sp³-hybridized carbons (Fsp3) is 0.375. The van der Waals surface area contributed by atoms with Crippen LogP contribution in [0, 0.1) is 0 Å². The van der Waals surface area contributed by atoms with Gasteiger partial charge in [0.15, 0.2) is 0 Å². The monoisotopic (exact) mass is 230 g/mol. The summed E-state index contributed by atoms with van der Waals surface area (Å²) in [6, 6.07) is 1.90. The van der Waals surface area contributed by atoms with E-state index in [1.807, 2.05) is 6.07 Å². The Morgan fingerprint density at radius 3 is 3.33 bits per heavy atom. The van der Waals surface area contributed by atoms with Crippen molar-refractivity contribution in [3.05, 3.63) is 22.3 Å². The van der Waals surface area contributed by atoms with Gasteiger partial charge < -0.3 is 5.32 Å². The minimum Gasteiger partial charge on any atom is -0.367 e. The normalized spacial score (nSPS) is 21.3. The number of alkyl halides is 1. The summed E-state index contributed by atoms with van der Waals surface area (Å²) in [4.78, 5) is 4.13. The predicted molar refractivity (Wildman–Crippen MR) is 49.0 cm³/mol. The van der Waals surface area contributed by atoms with Crippen LogP contribution in [0.15, 0.2) is 16.7 Å². The second-order valence-corrected chi connectivity index (χ2v) is 3.76. The van der Waals surface area contributed by atoms with Crippen LogP contribution < -0.4 is 5.32 Å². The van der Waals surface area contributed by atoms with Gasteiger partial charge in [-0.25, -0.2) is 9.37 Å². The van der Waals surface area contributed by atoms with Gasteiger partial charge in [0, 0.05) is 23.6 Å². The van der Waals surface area contributed by atoms with Gasteiger partial charge in [0.2, 0.25) is 0 Å². The molecule has 0 radical (unpaired) electrons. The number of fused-ring (bicyclic) bond motifs is 1. The standard InChI is InChI=1S/C8H8BrFN2/c9-6-1-5-2-7(10)4-12-8(5)11-3-6/h1,3,7H,2,4H2,(H,11,12). The molecule has 0 fully saturated rings. The van der Waals surface area contributed by atoms with Crippen molar-refractivity contribution in [3.63, 3.8) is 0 Å².